The van der Waals surface area contributed by atoms with E-state index in [1.165, 1.54) is 0 Å². The van der Waals surface area contributed by atoms with E-state index in [0.717, 1.165) is 23.9 Å². The number of aryl methyl sites for hydroxylation is 1. The largest absolute Gasteiger partial charge is 0.356 e. The Kier molecular flexibility index (Phi) is 4.20. The molecule has 0 spiro atoms. The predicted octanol–water partition coefficient (Wildman–Crippen LogP) is 2.61. The van der Waals surface area contributed by atoms with Crippen LogP contribution in [0.3, 0.4) is 0 Å². The van der Waals surface area contributed by atoms with Crippen LogP contribution in [0.4, 0.5) is 0 Å². The van der Waals surface area contributed by atoms with E-state index >= 15 is 0 Å². The first-order valence-electron chi connectivity index (χ1n) is 6.08. The van der Waals surface area contributed by atoms with Crippen LogP contribution in [0.1, 0.15) is 19.8 Å². The molecule has 1 amide bonds. The number of hydrogen-bond acceptors (Lipinski definition) is 2. The topological polar surface area (TPSA) is 46.9 Å². The van der Waals surface area contributed by atoms with Crippen LogP contribution in [-0.4, -0.2) is 22.2 Å². The van der Waals surface area contributed by atoms with Gasteiger partial charge in [0, 0.05) is 23.4 Å². The number of nitrogens with zero attached hydrogens (tertiary/aromatic N) is 2. The normalized spacial score (nSPS) is 10.8. The fourth-order valence-electron chi connectivity index (χ4n) is 1.80. The smallest absolute Gasteiger partial charge is 0.221 e. The van der Waals surface area contributed by atoms with Crippen molar-refractivity contribution in [1.29, 1.82) is 0 Å². The van der Waals surface area contributed by atoms with Crippen LogP contribution in [0.5, 0.6) is 0 Å². The lowest BCUT2D eigenvalue weighted by molar-refractivity contribution is -0.121. The number of fused-ring (bicyclic) bond motifs is 1. The quantitative estimate of drug-likeness (QED) is 0.903. The molecule has 0 saturated carbocycles. The summed E-state index contributed by atoms with van der Waals surface area (Å²) in [4.78, 5) is 11.5. The minimum Gasteiger partial charge on any atom is -0.356 e. The molecule has 0 saturated heterocycles. The summed E-state index contributed by atoms with van der Waals surface area (Å²) >= 11 is 5.91. The minimum absolute atomic E-state index is 0.0643. The van der Waals surface area contributed by atoms with Gasteiger partial charge < -0.3 is 5.32 Å². The standard InChI is InChI=1S/C13H16ClN3O/c1-2-6-15-13(18)5-7-17-12-4-3-11(14)8-10(12)9-16-17/h3-4,8-9H,2,5-7H2,1H3,(H,15,18). The first kappa shape index (κ1) is 12.9. The second kappa shape index (κ2) is 5.87. The molecule has 0 aliphatic carbocycles. The third kappa shape index (κ3) is 3.01. The van der Waals surface area contributed by atoms with Crippen molar-refractivity contribution in [3.63, 3.8) is 0 Å². The highest BCUT2D eigenvalue weighted by Gasteiger charge is 2.05. The van der Waals surface area contributed by atoms with Gasteiger partial charge in [-0.25, -0.2) is 0 Å². The summed E-state index contributed by atoms with van der Waals surface area (Å²) in [7, 11) is 0. The van der Waals surface area contributed by atoms with Crippen molar-refractivity contribution in [2.75, 3.05) is 6.54 Å². The highest BCUT2D eigenvalue weighted by Crippen LogP contribution is 2.18. The van der Waals surface area contributed by atoms with E-state index < -0.39 is 0 Å². The van der Waals surface area contributed by atoms with E-state index in [1.54, 1.807) is 6.20 Å². The number of nitrogens with one attached hydrogen (secondary N) is 1. The highest BCUT2D eigenvalue weighted by atomic mass is 35.5. The van der Waals surface area contributed by atoms with Crippen molar-refractivity contribution in [3.05, 3.63) is 29.4 Å². The third-order valence-corrected chi connectivity index (χ3v) is 2.96. The van der Waals surface area contributed by atoms with E-state index in [2.05, 4.69) is 10.4 Å². The zero-order valence-electron chi connectivity index (χ0n) is 10.3. The maximum atomic E-state index is 11.5. The lowest BCUT2D eigenvalue weighted by Crippen LogP contribution is -2.25. The van der Waals surface area contributed by atoms with Crippen molar-refractivity contribution in [3.8, 4) is 0 Å². The fraction of sp³-hybridized carbons (Fsp3) is 0.385. The maximum Gasteiger partial charge on any atom is 0.221 e. The van der Waals surface area contributed by atoms with Gasteiger partial charge in [0.25, 0.3) is 0 Å². The van der Waals surface area contributed by atoms with E-state index in [-0.39, 0.29) is 5.91 Å². The molecule has 18 heavy (non-hydrogen) atoms. The van der Waals surface area contributed by atoms with Gasteiger partial charge in [-0.3, -0.25) is 9.48 Å². The summed E-state index contributed by atoms with van der Waals surface area (Å²) in [5, 5.41) is 8.81. The number of amides is 1. The zero-order chi connectivity index (χ0) is 13.0. The number of hydrogen-bond donors (Lipinski definition) is 1. The van der Waals surface area contributed by atoms with Crippen molar-refractivity contribution in [2.24, 2.45) is 0 Å². The van der Waals surface area contributed by atoms with Crippen LogP contribution < -0.4 is 5.32 Å². The predicted molar refractivity (Wildman–Crippen MR) is 72.7 cm³/mol. The number of rotatable bonds is 5. The SMILES string of the molecule is CCCNC(=O)CCn1ncc2cc(Cl)ccc21. The molecule has 0 bridgehead atoms. The maximum absolute atomic E-state index is 11.5. The van der Waals surface area contributed by atoms with Crippen LogP contribution in [0.25, 0.3) is 10.9 Å². The fourth-order valence-corrected chi connectivity index (χ4v) is 1.98. The average Bonchev–Trinajstić information content (AvgIpc) is 2.76. The van der Waals surface area contributed by atoms with Gasteiger partial charge in [0.2, 0.25) is 5.91 Å². The number of aromatic nitrogens is 2. The Balaban J connectivity index is 2.02. The lowest BCUT2D eigenvalue weighted by atomic mass is 10.2. The van der Waals surface area contributed by atoms with Crippen LogP contribution in [0.2, 0.25) is 5.02 Å². The third-order valence-electron chi connectivity index (χ3n) is 2.73. The summed E-state index contributed by atoms with van der Waals surface area (Å²) in [6.45, 7) is 3.35. The summed E-state index contributed by atoms with van der Waals surface area (Å²) in [5.74, 6) is 0.0643. The Labute approximate surface area is 111 Å². The summed E-state index contributed by atoms with van der Waals surface area (Å²) in [6.07, 6.45) is 3.17. The molecule has 1 aromatic heterocycles. The summed E-state index contributed by atoms with van der Waals surface area (Å²) in [5.41, 5.74) is 1.00. The van der Waals surface area contributed by atoms with E-state index in [9.17, 15) is 4.79 Å². The highest BCUT2D eigenvalue weighted by molar-refractivity contribution is 6.31. The molecule has 0 atom stereocenters. The zero-order valence-corrected chi connectivity index (χ0v) is 11.1. The van der Waals surface area contributed by atoms with Gasteiger partial charge in [-0.05, 0) is 24.6 Å². The van der Waals surface area contributed by atoms with Crippen LogP contribution in [-0.2, 0) is 11.3 Å². The van der Waals surface area contributed by atoms with Crippen LogP contribution >= 0.6 is 11.6 Å². The Morgan fingerprint density at radius 1 is 1.50 bits per heavy atom. The molecule has 1 N–H and O–H groups in total. The van der Waals surface area contributed by atoms with E-state index in [0.29, 0.717) is 18.0 Å². The molecular weight excluding hydrogens is 250 g/mol. The Morgan fingerprint density at radius 3 is 3.11 bits per heavy atom. The van der Waals surface area contributed by atoms with Crippen molar-refractivity contribution in [2.45, 2.75) is 26.3 Å². The molecule has 0 fully saturated rings. The number of carbonyl (C=O) groups is 1. The van der Waals surface area contributed by atoms with Crippen molar-refractivity contribution in [1.82, 2.24) is 15.1 Å². The lowest BCUT2D eigenvalue weighted by Gasteiger charge is -2.05. The minimum atomic E-state index is 0.0643. The molecule has 2 aromatic rings. The molecule has 5 heteroatoms. The number of benzene rings is 1. The van der Waals surface area contributed by atoms with Gasteiger partial charge in [0.15, 0.2) is 0 Å². The number of halogens is 1. The molecule has 1 aromatic carbocycles. The average molecular weight is 266 g/mol. The second-order valence-corrected chi connectivity index (χ2v) is 4.61. The van der Waals surface area contributed by atoms with Crippen molar-refractivity contribution < 1.29 is 4.79 Å². The van der Waals surface area contributed by atoms with Crippen LogP contribution in [0.15, 0.2) is 24.4 Å². The first-order chi connectivity index (χ1) is 8.70. The van der Waals surface area contributed by atoms with Gasteiger partial charge >= 0.3 is 0 Å². The molecule has 0 unspecified atom stereocenters. The Hall–Kier alpha value is -1.55. The van der Waals surface area contributed by atoms with Crippen molar-refractivity contribution >= 4 is 28.4 Å². The molecule has 0 aliphatic rings. The molecule has 4 nitrogen and oxygen atoms in total. The molecule has 1 heterocycles. The van der Waals surface area contributed by atoms with Gasteiger partial charge in [-0.1, -0.05) is 18.5 Å². The molecule has 0 aliphatic heterocycles. The Bertz CT molecular complexity index is 550. The van der Waals surface area contributed by atoms with E-state index in [1.807, 2.05) is 29.8 Å². The van der Waals surface area contributed by atoms with Crippen LogP contribution in [0, 0.1) is 0 Å². The number of carbonyl (C=O) groups excluding carboxylic acids is 1. The second-order valence-electron chi connectivity index (χ2n) is 4.17. The summed E-state index contributed by atoms with van der Waals surface area (Å²) < 4.78 is 1.83. The van der Waals surface area contributed by atoms with Gasteiger partial charge in [-0.15, -0.1) is 0 Å². The summed E-state index contributed by atoms with van der Waals surface area (Å²) in [6, 6.07) is 5.63. The van der Waals surface area contributed by atoms with Gasteiger partial charge in [-0.2, -0.15) is 5.10 Å². The van der Waals surface area contributed by atoms with E-state index in [4.69, 9.17) is 11.6 Å². The molecule has 2 rings (SSSR count). The van der Waals surface area contributed by atoms with Gasteiger partial charge in [0.1, 0.15) is 0 Å². The van der Waals surface area contributed by atoms with Gasteiger partial charge in [0.05, 0.1) is 18.3 Å². The molecular formula is C13H16ClN3O. The Morgan fingerprint density at radius 2 is 2.33 bits per heavy atom. The molecule has 96 valence electrons. The monoisotopic (exact) mass is 265 g/mol. The first-order valence-corrected chi connectivity index (χ1v) is 6.46. The molecule has 0 radical (unpaired) electrons.